The van der Waals surface area contributed by atoms with Crippen molar-refractivity contribution in [1.82, 2.24) is 20.4 Å². The van der Waals surface area contributed by atoms with Crippen molar-refractivity contribution in [2.75, 3.05) is 7.11 Å². The maximum Gasteiger partial charge on any atom is 0.313 e. The summed E-state index contributed by atoms with van der Waals surface area (Å²) in [6, 6.07) is 18.9. The lowest BCUT2D eigenvalue weighted by molar-refractivity contribution is -0.137. The molecule has 9 nitrogen and oxygen atoms in total. The maximum absolute atomic E-state index is 13.4. The van der Waals surface area contributed by atoms with Gasteiger partial charge >= 0.3 is 5.97 Å². The summed E-state index contributed by atoms with van der Waals surface area (Å²) in [5.74, 6) is -0.378. The maximum atomic E-state index is 13.4. The van der Waals surface area contributed by atoms with Crippen LogP contribution in [0.25, 0.3) is 22.6 Å². The van der Waals surface area contributed by atoms with Crippen LogP contribution in [-0.2, 0) is 4.79 Å². The Morgan fingerprint density at radius 1 is 0.923 bits per heavy atom. The number of aromatic nitrogens is 3. The molecule has 4 rings (SSSR count). The van der Waals surface area contributed by atoms with Crippen LogP contribution in [0.15, 0.2) is 71.4 Å². The van der Waals surface area contributed by atoms with Crippen molar-refractivity contribution in [3.8, 4) is 34.1 Å². The Morgan fingerprint density at radius 2 is 1.59 bits per heavy atom. The van der Waals surface area contributed by atoms with E-state index in [0.29, 0.717) is 18.1 Å². The van der Waals surface area contributed by atoms with E-state index in [-0.39, 0.29) is 23.1 Å². The SMILES string of the molecule is COc1ccnc(C(=O)N[C@@H](CC(C)C)c2noc(-c3ccc(-c4ccccc4)cc3)n2)c1OC(=O)C(C)C. The molecule has 4 aromatic rings. The molecule has 1 N–H and O–H groups in total. The van der Waals surface area contributed by atoms with Crippen molar-refractivity contribution in [3.05, 3.63) is 78.4 Å². The summed E-state index contributed by atoms with van der Waals surface area (Å²) < 4.78 is 16.4. The second-order valence-corrected chi connectivity index (χ2v) is 9.82. The molecule has 0 radical (unpaired) electrons. The van der Waals surface area contributed by atoms with Crippen LogP contribution >= 0.6 is 0 Å². The van der Waals surface area contributed by atoms with Gasteiger partial charge in [0.25, 0.3) is 11.8 Å². The summed E-state index contributed by atoms with van der Waals surface area (Å²) in [5.41, 5.74) is 2.88. The standard InChI is InChI=1S/C30H32N4O5/c1-18(2)17-23(32-28(35)25-26(38-30(36)19(3)4)24(37-5)15-16-31-25)27-33-29(39-34-27)22-13-11-21(12-14-22)20-9-7-6-8-10-20/h6-16,18-19,23H,17H2,1-5H3,(H,32,35)/t23-/m0/s1. The molecule has 9 heteroatoms. The lowest BCUT2D eigenvalue weighted by Gasteiger charge is -2.19. The number of carbonyl (C=O) groups is 2. The third-order valence-electron chi connectivity index (χ3n) is 5.98. The Balaban J connectivity index is 1.58. The molecule has 0 fully saturated rings. The number of methoxy groups -OCH3 is 1. The van der Waals surface area contributed by atoms with Gasteiger partial charge in [-0.25, -0.2) is 4.98 Å². The molecule has 202 valence electrons. The highest BCUT2D eigenvalue weighted by Crippen LogP contribution is 2.31. The Bertz CT molecular complexity index is 1420. The number of nitrogens with zero attached hydrogens (tertiary/aromatic N) is 3. The molecule has 0 unspecified atom stereocenters. The highest BCUT2D eigenvalue weighted by atomic mass is 16.6. The first-order valence-electron chi connectivity index (χ1n) is 12.8. The summed E-state index contributed by atoms with van der Waals surface area (Å²) in [6.07, 6.45) is 1.96. The Hall–Kier alpha value is -4.53. The third-order valence-corrected chi connectivity index (χ3v) is 5.98. The predicted octanol–water partition coefficient (Wildman–Crippen LogP) is 5.89. The average molecular weight is 529 g/mol. The molecule has 0 aliphatic rings. The van der Waals surface area contributed by atoms with Gasteiger partial charge in [0, 0.05) is 17.8 Å². The van der Waals surface area contributed by atoms with Crippen molar-refractivity contribution < 1.29 is 23.6 Å². The van der Waals surface area contributed by atoms with Gasteiger partial charge in [0.05, 0.1) is 19.1 Å². The largest absolute Gasteiger partial charge is 0.493 e. The number of pyridine rings is 1. The summed E-state index contributed by atoms with van der Waals surface area (Å²) in [7, 11) is 1.43. The third kappa shape index (κ3) is 6.67. The number of ether oxygens (including phenoxy) is 2. The van der Waals surface area contributed by atoms with Crippen LogP contribution in [-0.4, -0.2) is 34.1 Å². The number of benzene rings is 2. The van der Waals surface area contributed by atoms with Gasteiger partial charge in [0.1, 0.15) is 0 Å². The van der Waals surface area contributed by atoms with E-state index in [1.807, 2.05) is 68.4 Å². The summed E-state index contributed by atoms with van der Waals surface area (Å²) >= 11 is 0. The lowest BCUT2D eigenvalue weighted by Crippen LogP contribution is -2.31. The van der Waals surface area contributed by atoms with E-state index in [9.17, 15) is 9.59 Å². The zero-order valence-electron chi connectivity index (χ0n) is 22.7. The van der Waals surface area contributed by atoms with E-state index in [4.69, 9.17) is 14.0 Å². The molecule has 0 aliphatic carbocycles. The summed E-state index contributed by atoms with van der Waals surface area (Å²) in [6.45, 7) is 7.46. The molecular formula is C30H32N4O5. The highest BCUT2D eigenvalue weighted by molar-refractivity contribution is 5.97. The number of hydrogen-bond acceptors (Lipinski definition) is 8. The van der Waals surface area contributed by atoms with Crippen molar-refractivity contribution in [2.45, 2.75) is 40.2 Å². The molecule has 1 atom stereocenters. The first kappa shape index (κ1) is 27.5. The van der Waals surface area contributed by atoms with Crippen LogP contribution in [0.5, 0.6) is 11.5 Å². The van der Waals surface area contributed by atoms with Gasteiger partial charge in [0.2, 0.25) is 5.75 Å². The number of hydrogen-bond donors (Lipinski definition) is 1. The van der Waals surface area contributed by atoms with E-state index < -0.39 is 23.8 Å². The summed E-state index contributed by atoms with van der Waals surface area (Å²) in [4.78, 5) is 34.5. The van der Waals surface area contributed by atoms with Gasteiger partial charge in [0.15, 0.2) is 17.3 Å². The monoisotopic (exact) mass is 528 g/mol. The number of nitrogens with one attached hydrogen (secondary N) is 1. The smallest absolute Gasteiger partial charge is 0.313 e. The lowest BCUT2D eigenvalue weighted by atomic mass is 10.0. The molecule has 2 aromatic carbocycles. The molecule has 0 spiro atoms. The fourth-order valence-corrected chi connectivity index (χ4v) is 3.93. The average Bonchev–Trinajstić information content (AvgIpc) is 3.43. The number of amides is 1. The first-order chi connectivity index (χ1) is 18.8. The van der Waals surface area contributed by atoms with Crippen LogP contribution in [0, 0.1) is 11.8 Å². The second-order valence-electron chi connectivity index (χ2n) is 9.82. The molecular weight excluding hydrogens is 496 g/mol. The molecule has 1 amide bonds. The minimum Gasteiger partial charge on any atom is -0.493 e. The van der Waals surface area contributed by atoms with Crippen molar-refractivity contribution >= 4 is 11.9 Å². The van der Waals surface area contributed by atoms with Gasteiger partial charge in [-0.15, -0.1) is 0 Å². The van der Waals surface area contributed by atoms with Crippen molar-refractivity contribution in [2.24, 2.45) is 11.8 Å². The second kappa shape index (κ2) is 12.3. The van der Waals surface area contributed by atoms with E-state index >= 15 is 0 Å². The molecule has 0 bridgehead atoms. The molecule has 0 saturated heterocycles. The topological polar surface area (TPSA) is 116 Å². The number of esters is 1. The Morgan fingerprint density at radius 3 is 2.23 bits per heavy atom. The minimum absolute atomic E-state index is 0.0354. The van der Waals surface area contributed by atoms with Crippen molar-refractivity contribution in [3.63, 3.8) is 0 Å². The van der Waals surface area contributed by atoms with E-state index in [2.05, 4.69) is 20.4 Å². The number of rotatable bonds is 10. The zero-order valence-corrected chi connectivity index (χ0v) is 22.7. The van der Waals surface area contributed by atoms with Crippen LogP contribution in [0.2, 0.25) is 0 Å². The summed E-state index contributed by atoms with van der Waals surface area (Å²) in [5, 5.41) is 7.11. The van der Waals surface area contributed by atoms with Crippen LogP contribution in [0.4, 0.5) is 0 Å². The van der Waals surface area contributed by atoms with Gasteiger partial charge in [-0.3, -0.25) is 9.59 Å². The van der Waals surface area contributed by atoms with Gasteiger partial charge in [-0.1, -0.05) is 75.3 Å². The minimum atomic E-state index is -0.569. The van der Waals surface area contributed by atoms with E-state index in [1.54, 1.807) is 13.8 Å². The molecule has 39 heavy (non-hydrogen) atoms. The molecule has 0 aliphatic heterocycles. The highest BCUT2D eigenvalue weighted by Gasteiger charge is 2.27. The zero-order chi connectivity index (χ0) is 27.9. The predicted molar refractivity (Wildman–Crippen MR) is 146 cm³/mol. The first-order valence-corrected chi connectivity index (χ1v) is 12.8. The van der Waals surface area contributed by atoms with Gasteiger partial charge in [-0.2, -0.15) is 4.98 Å². The fourth-order valence-electron chi connectivity index (χ4n) is 3.93. The number of carbonyl (C=O) groups excluding carboxylic acids is 2. The Labute approximate surface area is 227 Å². The van der Waals surface area contributed by atoms with E-state index in [1.165, 1.54) is 19.4 Å². The fraction of sp³-hybridized carbons (Fsp3) is 0.300. The van der Waals surface area contributed by atoms with Gasteiger partial charge < -0.3 is 19.3 Å². The van der Waals surface area contributed by atoms with Crippen LogP contribution < -0.4 is 14.8 Å². The molecule has 2 aromatic heterocycles. The Kier molecular flexibility index (Phi) is 8.70. The normalized spacial score (nSPS) is 11.9. The van der Waals surface area contributed by atoms with E-state index in [0.717, 1.165) is 16.7 Å². The van der Waals surface area contributed by atoms with Gasteiger partial charge in [-0.05, 0) is 35.6 Å². The molecule has 2 heterocycles. The quantitative estimate of drug-likeness (QED) is 0.253. The van der Waals surface area contributed by atoms with Crippen LogP contribution in [0.3, 0.4) is 0 Å². The molecule has 0 saturated carbocycles. The van der Waals surface area contributed by atoms with Crippen molar-refractivity contribution in [1.29, 1.82) is 0 Å². The van der Waals surface area contributed by atoms with Crippen LogP contribution in [0.1, 0.15) is 56.5 Å².